The number of para-hydroxylation sites is 1. The number of nitrogens with zero attached hydrogens (tertiary/aromatic N) is 4. The maximum absolute atomic E-state index is 13.0. The van der Waals surface area contributed by atoms with Crippen LogP contribution >= 0.6 is 0 Å². The van der Waals surface area contributed by atoms with Gasteiger partial charge in [0.1, 0.15) is 0 Å². The Bertz CT molecular complexity index is 1240. The molecule has 1 aromatic heterocycles. The average Bonchev–Trinajstić information content (AvgIpc) is 3.29. The largest absolute Gasteiger partial charge is 0.337 e. The van der Waals surface area contributed by atoms with Crippen molar-refractivity contribution in [2.45, 2.75) is 18.7 Å². The van der Waals surface area contributed by atoms with Gasteiger partial charge in [0, 0.05) is 44.0 Å². The zero-order chi connectivity index (χ0) is 22.7. The lowest BCUT2D eigenvalue weighted by Crippen LogP contribution is -2.50. The van der Waals surface area contributed by atoms with E-state index in [4.69, 9.17) is 0 Å². The van der Waals surface area contributed by atoms with Gasteiger partial charge in [0.2, 0.25) is 15.9 Å². The molecule has 7 nitrogen and oxygen atoms in total. The van der Waals surface area contributed by atoms with Gasteiger partial charge in [0.15, 0.2) is 0 Å². The van der Waals surface area contributed by atoms with Gasteiger partial charge < -0.3 is 4.90 Å². The minimum atomic E-state index is -3.56. The molecule has 0 N–H and O–H groups in total. The number of hydrogen-bond donors (Lipinski definition) is 0. The van der Waals surface area contributed by atoms with Crippen molar-refractivity contribution < 1.29 is 13.2 Å². The Hall–Kier alpha value is -3.23. The predicted molar refractivity (Wildman–Crippen MR) is 124 cm³/mol. The van der Waals surface area contributed by atoms with E-state index in [1.165, 1.54) is 10.4 Å². The molecular formula is C24H26N4O3S. The number of aryl methyl sites for hydroxylation is 2. The molecule has 8 heteroatoms. The van der Waals surface area contributed by atoms with E-state index in [1.807, 2.05) is 56.4 Å². The van der Waals surface area contributed by atoms with E-state index in [9.17, 15) is 13.2 Å². The first-order valence-corrected chi connectivity index (χ1v) is 11.9. The first-order chi connectivity index (χ1) is 15.3. The summed E-state index contributed by atoms with van der Waals surface area (Å²) in [5.41, 5.74) is 3.76. The highest BCUT2D eigenvalue weighted by molar-refractivity contribution is 7.89. The van der Waals surface area contributed by atoms with Crippen molar-refractivity contribution in [1.82, 2.24) is 19.0 Å². The first-order valence-electron chi connectivity index (χ1n) is 10.5. The van der Waals surface area contributed by atoms with Gasteiger partial charge in [-0.2, -0.15) is 9.40 Å². The van der Waals surface area contributed by atoms with E-state index in [2.05, 4.69) is 5.10 Å². The first kappa shape index (κ1) is 22.0. The highest BCUT2D eigenvalue weighted by Gasteiger charge is 2.29. The van der Waals surface area contributed by atoms with Gasteiger partial charge in [-0.15, -0.1) is 0 Å². The Morgan fingerprint density at radius 3 is 2.38 bits per heavy atom. The second-order valence-corrected chi connectivity index (χ2v) is 9.80. The summed E-state index contributed by atoms with van der Waals surface area (Å²) in [7, 11) is -3.56. The lowest BCUT2D eigenvalue weighted by molar-refractivity contribution is -0.127. The van der Waals surface area contributed by atoms with E-state index in [-0.39, 0.29) is 19.0 Å². The SMILES string of the molecule is Cc1ccc(S(=O)(=O)N2CCN(C(=O)/C=C/c3cnn(-c4ccccc4)c3)CC2)cc1C. The monoisotopic (exact) mass is 450 g/mol. The minimum Gasteiger partial charge on any atom is -0.337 e. The van der Waals surface area contributed by atoms with Crippen LogP contribution in [-0.4, -0.2) is 59.5 Å². The number of carbonyl (C=O) groups is 1. The molecule has 4 rings (SSSR count). The molecule has 1 aliphatic heterocycles. The van der Waals surface area contributed by atoms with Crippen LogP contribution in [0.4, 0.5) is 0 Å². The summed E-state index contributed by atoms with van der Waals surface area (Å²) in [5.74, 6) is -0.138. The molecule has 0 radical (unpaired) electrons. The lowest BCUT2D eigenvalue weighted by atomic mass is 10.1. The van der Waals surface area contributed by atoms with Crippen LogP contribution in [0.15, 0.2) is 71.9 Å². The van der Waals surface area contributed by atoms with Gasteiger partial charge in [-0.25, -0.2) is 13.1 Å². The van der Waals surface area contributed by atoms with Crippen molar-refractivity contribution in [3.05, 3.63) is 83.7 Å². The molecule has 3 aromatic rings. The van der Waals surface area contributed by atoms with E-state index in [0.29, 0.717) is 18.0 Å². The third-order valence-corrected chi connectivity index (χ3v) is 7.60. The fourth-order valence-electron chi connectivity index (χ4n) is 3.59. The minimum absolute atomic E-state index is 0.138. The summed E-state index contributed by atoms with van der Waals surface area (Å²) < 4.78 is 29.1. The average molecular weight is 451 g/mol. The topological polar surface area (TPSA) is 75.5 Å². The Labute approximate surface area is 188 Å². The summed E-state index contributed by atoms with van der Waals surface area (Å²) in [6.45, 7) is 5.13. The molecule has 1 aliphatic rings. The molecule has 1 amide bonds. The molecular weight excluding hydrogens is 424 g/mol. The van der Waals surface area contributed by atoms with Gasteiger partial charge in [0.05, 0.1) is 16.8 Å². The molecule has 0 spiro atoms. The number of piperazine rings is 1. The quantitative estimate of drug-likeness (QED) is 0.560. The van der Waals surface area contributed by atoms with Gasteiger partial charge in [-0.05, 0) is 55.3 Å². The van der Waals surface area contributed by atoms with Gasteiger partial charge in [-0.1, -0.05) is 24.3 Å². The summed E-state index contributed by atoms with van der Waals surface area (Å²) in [6.07, 6.45) is 6.80. The van der Waals surface area contributed by atoms with Gasteiger partial charge >= 0.3 is 0 Å². The van der Waals surface area contributed by atoms with Crippen molar-refractivity contribution >= 4 is 22.0 Å². The highest BCUT2D eigenvalue weighted by atomic mass is 32.2. The maximum atomic E-state index is 13.0. The molecule has 0 atom stereocenters. The molecule has 0 saturated carbocycles. The molecule has 1 saturated heterocycles. The van der Waals surface area contributed by atoms with Crippen LogP contribution in [0, 0.1) is 13.8 Å². The Kier molecular flexibility index (Phi) is 6.25. The fraction of sp³-hybridized carbons (Fsp3) is 0.250. The third kappa shape index (κ3) is 4.66. The van der Waals surface area contributed by atoms with Crippen molar-refractivity contribution in [3.8, 4) is 5.69 Å². The van der Waals surface area contributed by atoms with Crippen molar-refractivity contribution in [1.29, 1.82) is 0 Å². The van der Waals surface area contributed by atoms with Gasteiger partial charge in [0.25, 0.3) is 0 Å². The molecule has 0 bridgehead atoms. The van der Waals surface area contributed by atoms with Crippen LogP contribution in [0.2, 0.25) is 0 Å². The van der Waals surface area contributed by atoms with Crippen LogP contribution in [-0.2, 0) is 14.8 Å². The van der Waals surface area contributed by atoms with E-state index in [1.54, 1.807) is 34.0 Å². The number of hydrogen-bond acceptors (Lipinski definition) is 4. The van der Waals surface area contributed by atoms with E-state index < -0.39 is 10.0 Å². The summed E-state index contributed by atoms with van der Waals surface area (Å²) in [5, 5.41) is 4.32. The number of amides is 1. The lowest BCUT2D eigenvalue weighted by Gasteiger charge is -2.33. The molecule has 166 valence electrons. The molecule has 2 aromatic carbocycles. The molecule has 1 fully saturated rings. The summed E-state index contributed by atoms with van der Waals surface area (Å²) in [6, 6.07) is 14.9. The summed E-state index contributed by atoms with van der Waals surface area (Å²) in [4.78, 5) is 14.6. The Morgan fingerprint density at radius 1 is 0.969 bits per heavy atom. The van der Waals surface area contributed by atoms with Crippen LogP contribution in [0.1, 0.15) is 16.7 Å². The Morgan fingerprint density at radius 2 is 1.69 bits per heavy atom. The zero-order valence-corrected chi connectivity index (χ0v) is 19.0. The van der Waals surface area contributed by atoms with Gasteiger partial charge in [-0.3, -0.25) is 4.79 Å². The number of benzene rings is 2. The maximum Gasteiger partial charge on any atom is 0.246 e. The smallest absolute Gasteiger partial charge is 0.246 e. The normalized spacial score (nSPS) is 15.4. The molecule has 0 unspecified atom stereocenters. The van der Waals surface area contributed by atoms with Crippen LogP contribution in [0.25, 0.3) is 11.8 Å². The Balaban J connectivity index is 1.36. The molecule has 0 aliphatic carbocycles. The third-order valence-electron chi connectivity index (χ3n) is 5.71. The van der Waals surface area contributed by atoms with E-state index >= 15 is 0 Å². The van der Waals surface area contributed by atoms with Crippen molar-refractivity contribution in [2.24, 2.45) is 0 Å². The van der Waals surface area contributed by atoms with Crippen molar-refractivity contribution in [2.75, 3.05) is 26.2 Å². The fourth-order valence-corrected chi connectivity index (χ4v) is 5.10. The predicted octanol–water partition coefficient (Wildman–Crippen LogP) is 3.04. The zero-order valence-electron chi connectivity index (χ0n) is 18.2. The van der Waals surface area contributed by atoms with Crippen LogP contribution in [0.5, 0.6) is 0 Å². The highest BCUT2D eigenvalue weighted by Crippen LogP contribution is 2.20. The molecule has 32 heavy (non-hydrogen) atoms. The summed E-state index contributed by atoms with van der Waals surface area (Å²) >= 11 is 0. The number of sulfonamides is 1. The second-order valence-electron chi connectivity index (χ2n) is 7.86. The number of carbonyl (C=O) groups excluding carboxylic acids is 1. The van der Waals surface area contributed by atoms with Crippen LogP contribution < -0.4 is 0 Å². The second kappa shape index (κ2) is 9.10. The van der Waals surface area contributed by atoms with Crippen LogP contribution in [0.3, 0.4) is 0 Å². The van der Waals surface area contributed by atoms with E-state index in [0.717, 1.165) is 22.4 Å². The van der Waals surface area contributed by atoms with Crippen molar-refractivity contribution in [3.63, 3.8) is 0 Å². The number of rotatable bonds is 5. The number of aromatic nitrogens is 2. The standard InChI is InChI=1S/C24H26N4O3S/c1-19-8-10-23(16-20(19)2)32(30,31)27-14-12-26(13-15-27)24(29)11-9-21-17-25-28(18-21)22-6-4-3-5-7-22/h3-11,16-18H,12-15H2,1-2H3/b11-9+. The molecule has 2 heterocycles.